The number of aromatic nitrogens is 2. The lowest BCUT2D eigenvalue weighted by Gasteiger charge is -2.20. The number of carbonyl (C=O) groups excluding carboxylic acids is 1. The standard InChI is InChI=1S/C19H26N4O/c1-14-18(13-19(24)22-11-6-7-16(20)10-12-22)15(2)23(21-14)17-8-4-3-5-9-17/h3-5,8-9,16H,6-7,10-13,20H2,1-2H3/t16-/m1/s1. The van der Waals surface area contributed by atoms with Crippen LogP contribution in [0.25, 0.3) is 5.69 Å². The minimum absolute atomic E-state index is 0.183. The van der Waals surface area contributed by atoms with Gasteiger partial charge in [-0.2, -0.15) is 5.10 Å². The first-order valence-electron chi connectivity index (χ1n) is 8.70. The highest BCUT2D eigenvalue weighted by Gasteiger charge is 2.22. The lowest BCUT2D eigenvalue weighted by molar-refractivity contribution is -0.130. The molecule has 128 valence electrons. The van der Waals surface area contributed by atoms with Crippen LogP contribution in [0.1, 0.15) is 36.2 Å². The molecule has 3 rings (SSSR count). The van der Waals surface area contributed by atoms with Crippen molar-refractivity contribution in [3.05, 3.63) is 47.3 Å². The van der Waals surface area contributed by atoms with Gasteiger partial charge in [-0.25, -0.2) is 4.68 Å². The maximum atomic E-state index is 12.7. The number of nitrogens with zero attached hydrogens (tertiary/aromatic N) is 3. The number of carbonyl (C=O) groups is 1. The van der Waals surface area contributed by atoms with Gasteiger partial charge in [-0.3, -0.25) is 4.79 Å². The van der Waals surface area contributed by atoms with Crippen LogP contribution < -0.4 is 5.73 Å². The Bertz CT molecular complexity index is 708. The molecule has 0 saturated carbocycles. The number of hydrogen-bond donors (Lipinski definition) is 1. The second-order valence-corrected chi connectivity index (χ2v) is 6.65. The number of benzene rings is 1. The molecule has 2 N–H and O–H groups in total. The van der Waals surface area contributed by atoms with Crippen LogP contribution in [0.4, 0.5) is 0 Å². The number of amides is 1. The van der Waals surface area contributed by atoms with Crippen molar-refractivity contribution >= 4 is 5.91 Å². The topological polar surface area (TPSA) is 64.2 Å². The molecule has 1 aromatic heterocycles. The Morgan fingerprint density at radius 3 is 2.71 bits per heavy atom. The van der Waals surface area contributed by atoms with E-state index in [1.807, 2.05) is 53.8 Å². The van der Waals surface area contributed by atoms with Crippen LogP contribution in [0.15, 0.2) is 30.3 Å². The highest BCUT2D eigenvalue weighted by atomic mass is 16.2. The van der Waals surface area contributed by atoms with Gasteiger partial charge in [0, 0.05) is 30.4 Å². The van der Waals surface area contributed by atoms with Crippen molar-refractivity contribution in [3.63, 3.8) is 0 Å². The molecule has 0 radical (unpaired) electrons. The SMILES string of the molecule is Cc1nn(-c2ccccc2)c(C)c1CC(=O)N1CCC[C@@H](N)CC1. The second-order valence-electron chi connectivity index (χ2n) is 6.65. The fourth-order valence-electron chi connectivity index (χ4n) is 3.39. The Morgan fingerprint density at radius 2 is 1.96 bits per heavy atom. The first-order chi connectivity index (χ1) is 11.6. The van der Waals surface area contributed by atoms with E-state index in [1.54, 1.807) is 0 Å². The summed E-state index contributed by atoms with van der Waals surface area (Å²) < 4.78 is 1.93. The van der Waals surface area contributed by atoms with Gasteiger partial charge in [0.15, 0.2) is 0 Å². The molecule has 1 aliphatic heterocycles. The van der Waals surface area contributed by atoms with Crippen LogP contribution in [-0.2, 0) is 11.2 Å². The van der Waals surface area contributed by atoms with Crippen molar-refractivity contribution in [1.82, 2.24) is 14.7 Å². The molecule has 24 heavy (non-hydrogen) atoms. The molecular formula is C19H26N4O. The third-order valence-corrected chi connectivity index (χ3v) is 4.90. The van der Waals surface area contributed by atoms with Crippen LogP contribution in [0.5, 0.6) is 0 Å². The number of rotatable bonds is 3. The van der Waals surface area contributed by atoms with E-state index in [1.165, 1.54) is 0 Å². The predicted octanol–water partition coefficient (Wildman–Crippen LogP) is 2.37. The van der Waals surface area contributed by atoms with Crippen LogP contribution >= 0.6 is 0 Å². The monoisotopic (exact) mass is 326 g/mol. The first kappa shape index (κ1) is 16.7. The summed E-state index contributed by atoms with van der Waals surface area (Å²) in [5, 5.41) is 4.64. The van der Waals surface area contributed by atoms with Gasteiger partial charge >= 0.3 is 0 Å². The first-order valence-corrected chi connectivity index (χ1v) is 8.70. The summed E-state index contributed by atoms with van der Waals surface area (Å²) in [4.78, 5) is 14.7. The van der Waals surface area contributed by atoms with E-state index >= 15 is 0 Å². The highest BCUT2D eigenvalue weighted by molar-refractivity contribution is 5.79. The molecule has 1 atom stereocenters. The van der Waals surface area contributed by atoms with Crippen molar-refractivity contribution in [3.8, 4) is 5.69 Å². The van der Waals surface area contributed by atoms with Gasteiger partial charge in [0.1, 0.15) is 0 Å². The van der Waals surface area contributed by atoms with E-state index in [2.05, 4.69) is 5.10 Å². The third kappa shape index (κ3) is 3.51. The minimum atomic E-state index is 0.183. The Kier molecular flexibility index (Phi) is 5.00. The van der Waals surface area contributed by atoms with Crippen molar-refractivity contribution in [2.24, 2.45) is 5.73 Å². The Labute approximate surface area is 143 Å². The van der Waals surface area contributed by atoms with Gasteiger partial charge in [-0.1, -0.05) is 18.2 Å². The zero-order valence-corrected chi connectivity index (χ0v) is 14.5. The molecule has 1 fully saturated rings. The Hall–Kier alpha value is -2.14. The molecule has 1 aliphatic rings. The Morgan fingerprint density at radius 1 is 1.21 bits per heavy atom. The Balaban J connectivity index is 1.78. The van der Waals surface area contributed by atoms with Crippen LogP contribution in [0, 0.1) is 13.8 Å². The van der Waals surface area contributed by atoms with E-state index in [-0.39, 0.29) is 11.9 Å². The van der Waals surface area contributed by atoms with Gasteiger partial charge in [0.25, 0.3) is 0 Å². The number of likely N-dealkylation sites (tertiary alicyclic amines) is 1. The molecule has 0 aliphatic carbocycles. The summed E-state index contributed by atoms with van der Waals surface area (Å²) in [5.41, 5.74) is 10.0. The lowest BCUT2D eigenvalue weighted by atomic mass is 10.1. The number of hydrogen-bond acceptors (Lipinski definition) is 3. The molecular weight excluding hydrogens is 300 g/mol. The second kappa shape index (κ2) is 7.18. The predicted molar refractivity (Wildman–Crippen MR) is 95.1 cm³/mol. The summed E-state index contributed by atoms with van der Waals surface area (Å²) in [7, 11) is 0. The van der Waals surface area contributed by atoms with Crippen molar-refractivity contribution in [2.45, 2.75) is 45.6 Å². The van der Waals surface area contributed by atoms with Crippen molar-refractivity contribution in [2.75, 3.05) is 13.1 Å². The summed E-state index contributed by atoms with van der Waals surface area (Å²) in [6.07, 6.45) is 3.31. The summed E-state index contributed by atoms with van der Waals surface area (Å²) >= 11 is 0. The van der Waals surface area contributed by atoms with Crippen LogP contribution in [-0.4, -0.2) is 39.7 Å². The molecule has 0 bridgehead atoms. The van der Waals surface area contributed by atoms with Crippen molar-refractivity contribution in [1.29, 1.82) is 0 Å². The summed E-state index contributed by atoms with van der Waals surface area (Å²) in [6.45, 7) is 5.60. The minimum Gasteiger partial charge on any atom is -0.342 e. The zero-order chi connectivity index (χ0) is 17.1. The number of para-hydroxylation sites is 1. The van der Waals surface area contributed by atoms with Gasteiger partial charge < -0.3 is 10.6 Å². The smallest absolute Gasteiger partial charge is 0.227 e. The highest BCUT2D eigenvalue weighted by Crippen LogP contribution is 2.20. The molecule has 0 unspecified atom stereocenters. The molecule has 1 aromatic carbocycles. The number of nitrogens with two attached hydrogens (primary N) is 1. The van der Waals surface area contributed by atoms with E-state index in [9.17, 15) is 4.79 Å². The maximum absolute atomic E-state index is 12.7. The molecule has 1 saturated heterocycles. The molecule has 2 heterocycles. The third-order valence-electron chi connectivity index (χ3n) is 4.90. The van der Waals surface area contributed by atoms with Gasteiger partial charge in [0.2, 0.25) is 5.91 Å². The fourth-order valence-corrected chi connectivity index (χ4v) is 3.39. The van der Waals surface area contributed by atoms with Crippen molar-refractivity contribution < 1.29 is 4.79 Å². The van der Waals surface area contributed by atoms with E-state index in [0.29, 0.717) is 6.42 Å². The summed E-state index contributed by atoms with van der Waals surface area (Å²) in [6, 6.07) is 10.3. The number of aryl methyl sites for hydroxylation is 1. The van der Waals surface area contributed by atoms with E-state index in [0.717, 1.165) is 55.0 Å². The molecule has 0 spiro atoms. The quantitative estimate of drug-likeness (QED) is 0.942. The fraction of sp³-hybridized carbons (Fsp3) is 0.474. The van der Waals surface area contributed by atoms with Gasteiger partial charge in [-0.05, 0) is 45.2 Å². The van der Waals surface area contributed by atoms with E-state index < -0.39 is 0 Å². The summed E-state index contributed by atoms with van der Waals surface area (Å²) in [5.74, 6) is 0.183. The zero-order valence-electron chi connectivity index (χ0n) is 14.5. The van der Waals surface area contributed by atoms with E-state index in [4.69, 9.17) is 5.73 Å². The normalized spacial score (nSPS) is 18.5. The average Bonchev–Trinajstić information content (AvgIpc) is 2.76. The van der Waals surface area contributed by atoms with Crippen LogP contribution in [0.3, 0.4) is 0 Å². The van der Waals surface area contributed by atoms with Gasteiger partial charge in [0.05, 0.1) is 17.8 Å². The molecule has 2 aromatic rings. The molecule has 5 heteroatoms. The maximum Gasteiger partial charge on any atom is 0.227 e. The molecule has 1 amide bonds. The lowest BCUT2D eigenvalue weighted by Crippen LogP contribution is -2.34. The van der Waals surface area contributed by atoms with Gasteiger partial charge in [-0.15, -0.1) is 0 Å². The average molecular weight is 326 g/mol. The van der Waals surface area contributed by atoms with Crippen LogP contribution in [0.2, 0.25) is 0 Å². The molecule has 5 nitrogen and oxygen atoms in total. The largest absolute Gasteiger partial charge is 0.342 e.